The Hall–Kier alpha value is 0.0129. The first-order valence-electron chi connectivity index (χ1n) is 6.29. The van der Waals surface area contributed by atoms with Crippen LogP contribution in [0, 0.1) is 0 Å². The van der Waals surface area contributed by atoms with E-state index >= 15 is 0 Å². The molecular weight excluding hydrogens is 249 g/mol. The minimum absolute atomic E-state index is 0.0166. The van der Waals surface area contributed by atoms with Crippen molar-refractivity contribution in [3.63, 3.8) is 0 Å². The summed E-state index contributed by atoms with van der Waals surface area (Å²) in [7, 11) is 0. The van der Waals surface area contributed by atoms with Crippen molar-refractivity contribution in [3.05, 3.63) is 0 Å². The van der Waals surface area contributed by atoms with Gasteiger partial charge in [0.25, 0.3) is 0 Å². The Morgan fingerprint density at radius 2 is 1.60 bits per heavy atom. The van der Waals surface area contributed by atoms with Crippen molar-refractivity contribution in [1.29, 1.82) is 0 Å². The fourth-order valence-corrected chi connectivity index (χ4v) is 9.44. The van der Waals surface area contributed by atoms with Gasteiger partial charge in [-0.15, -0.1) is 0 Å². The number of hydrogen-bond acceptors (Lipinski definition) is 2. The third-order valence-electron chi connectivity index (χ3n) is 3.64. The number of rotatable bonds is 8. The Bertz CT molecular complexity index is 168. The van der Waals surface area contributed by atoms with Crippen molar-refractivity contribution in [1.82, 2.24) is 0 Å². The van der Waals surface area contributed by atoms with Gasteiger partial charge in [-0.25, -0.2) is 0 Å². The molecule has 15 heavy (non-hydrogen) atoms. The van der Waals surface area contributed by atoms with Crippen LogP contribution >= 0.6 is 0 Å². The number of ether oxygens (including phenoxy) is 1. The van der Waals surface area contributed by atoms with E-state index < -0.39 is 13.3 Å². The average Bonchev–Trinajstić information content (AvgIpc) is 2.25. The molecule has 0 saturated carbocycles. The van der Waals surface area contributed by atoms with Crippen LogP contribution in [0.15, 0.2) is 0 Å². The molecule has 0 amide bonds. The number of carbonyl (C=O) groups excluding carboxylic acids is 1. The van der Waals surface area contributed by atoms with E-state index in [1.165, 1.54) is 21.0 Å². The maximum absolute atomic E-state index is 11.2. The van der Waals surface area contributed by atoms with Crippen LogP contribution < -0.4 is 0 Å². The fourth-order valence-electron chi connectivity index (χ4n) is 2.12. The first-order valence-corrected chi connectivity index (χ1v) is 12.2. The molecule has 0 atom stereocenters. The van der Waals surface area contributed by atoms with E-state index in [0.29, 0.717) is 13.0 Å². The summed E-state index contributed by atoms with van der Waals surface area (Å²) in [5, 5.41) is 5.53. The van der Waals surface area contributed by atoms with E-state index in [1.807, 2.05) is 6.92 Å². The molecule has 90 valence electrons. The zero-order valence-corrected chi connectivity index (χ0v) is 12.9. The van der Waals surface area contributed by atoms with Crippen molar-refractivity contribution >= 4 is 19.2 Å². The maximum atomic E-state index is 11.2. The Balaban J connectivity index is 3.85. The van der Waals surface area contributed by atoms with Gasteiger partial charge in [0.15, 0.2) is 0 Å². The quantitative estimate of drug-likeness (QED) is 0.497. The predicted octanol–water partition coefficient (Wildman–Crippen LogP) is 3.84. The van der Waals surface area contributed by atoms with E-state index in [4.69, 9.17) is 4.74 Å². The van der Waals surface area contributed by atoms with Gasteiger partial charge in [0.1, 0.15) is 0 Å². The topological polar surface area (TPSA) is 26.3 Å². The SMILES string of the molecule is CCOC(=O)CC[CH2][Ge]([CH2]C)([CH2]C)[CH2]C. The van der Waals surface area contributed by atoms with E-state index in [2.05, 4.69) is 20.8 Å². The van der Waals surface area contributed by atoms with Gasteiger partial charge in [0.2, 0.25) is 0 Å². The minimum atomic E-state index is -1.53. The predicted molar refractivity (Wildman–Crippen MR) is 67.9 cm³/mol. The Labute approximate surface area is 97.1 Å². The fraction of sp³-hybridized carbons (Fsp3) is 0.917. The first kappa shape index (κ1) is 15.0. The number of hydrogen-bond donors (Lipinski definition) is 0. The molecule has 0 fully saturated rings. The molecule has 0 spiro atoms. The molecule has 0 aromatic rings. The molecule has 0 aliphatic rings. The molecule has 0 unspecified atom stereocenters. The Kier molecular flexibility index (Phi) is 8.21. The summed E-state index contributed by atoms with van der Waals surface area (Å²) in [6.45, 7) is 9.37. The van der Waals surface area contributed by atoms with Gasteiger partial charge in [-0.3, -0.25) is 0 Å². The normalized spacial score (nSPS) is 11.5. The van der Waals surface area contributed by atoms with Gasteiger partial charge < -0.3 is 0 Å². The third kappa shape index (κ3) is 5.59. The van der Waals surface area contributed by atoms with Crippen LogP contribution in [0.25, 0.3) is 0 Å². The average molecular weight is 275 g/mol. The number of carbonyl (C=O) groups is 1. The van der Waals surface area contributed by atoms with Crippen LogP contribution in [0.2, 0.25) is 21.0 Å². The second kappa shape index (κ2) is 8.20. The van der Waals surface area contributed by atoms with Gasteiger partial charge in [0.05, 0.1) is 0 Å². The van der Waals surface area contributed by atoms with Crippen LogP contribution in [0.5, 0.6) is 0 Å². The third-order valence-corrected chi connectivity index (χ3v) is 16.1. The summed E-state index contributed by atoms with van der Waals surface area (Å²) in [5.74, 6) is -0.0166. The van der Waals surface area contributed by atoms with Crippen LogP contribution in [-0.2, 0) is 9.53 Å². The molecule has 0 saturated heterocycles. The van der Waals surface area contributed by atoms with Crippen molar-refractivity contribution in [2.75, 3.05) is 6.61 Å². The van der Waals surface area contributed by atoms with E-state index in [1.54, 1.807) is 0 Å². The summed E-state index contributed by atoms with van der Waals surface area (Å²) in [6, 6.07) is 0. The summed E-state index contributed by atoms with van der Waals surface area (Å²) in [4.78, 5) is 11.2. The zero-order valence-electron chi connectivity index (χ0n) is 10.8. The monoisotopic (exact) mass is 276 g/mol. The summed E-state index contributed by atoms with van der Waals surface area (Å²) < 4.78 is 4.94. The van der Waals surface area contributed by atoms with Gasteiger partial charge in [-0.1, -0.05) is 0 Å². The number of esters is 1. The van der Waals surface area contributed by atoms with Crippen molar-refractivity contribution in [2.45, 2.75) is 61.5 Å². The van der Waals surface area contributed by atoms with Crippen LogP contribution in [0.1, 0.15) is 40.5 Å². The summed E-state index contributed by atoms with van der Waals surface area (Å²) in [5.41, 5.74) is 0. The van der Waals surface area contributed by atoms with Crippen LogP contribution in [-0.4, -0.2) is 25.8 Å². The molecule has 0 aliphatic heterocycles. The first-order chi connectivity index (χ1) is 7.14. The molecule has 0 rings (SSSR count). The summed E-state index contributed by atoms with van der Waals surface area (Å²) in [6.07, 6.45) is 1.68. The van der Waals surface area contributed by atoms with Gasteiger partial charge in [0, 0.05) is 0 Å². The van der Waals surface area contributed by atoms with Crippen molar-refractivity contribution in [3.8, 4) is 0 Å². The summed E-state index contributed by atoms with van der Waals surface area (Å²) >= 11 is -1.53. The van der Waals surface area contributed by atoms with Crippen molar-refractivity contribution in [2.24, 2.45) is 0 Å². The zero-order chi connectivity index (χ0) is 11.7. The molecule has 0 radical (unpaired) electrons. The second-order valence-corrected chi connectivity index (χ2v) is 16.0. The van der Waals surface area contributed by atoms with Gasteiger partial charge in [-0.05, 0) is 0 Å². The van der Waals surface area contributed by atoms with E-state index in [0.717, 1.165) is 6.42 Å². The van der Waals surface area contributed by atoms with Gasteiger partial charge >= 0.3 is 96.9 Å². The second-order valence-electron chi connectivity index (χ2n) is 4.22. The molecule has 0 aromatic carbocycles. The molecule has 2 nitrogen and oxygen atoms in total. The molecule has 0 aromatic heterocycles. The molecule has 0 N–H and O–H groups in total. The Morgan fingerprint density at radius 1 is 1.07 bits per heavy atom. The molecule has 0 heterocycles. The molecular formula is C12H26GeO2. The van der Waals surface area contributed by atoms with Crippen molar-refractivity contribution < 1.29 is 9.53 Å². The molecule has 0 bridgehead atoms. The van der Waals surface area contributed by atoms with Gasteiger partial charge in [-0.2, -0.15) is 0 Å². The van der Waals surface area contributed by atoms with Crippen LogP contribution in [0.4, 0.5) is 0 Å². The molecule has 0 aliphatic carbocycles. The van der Waals surface area contributed by atoms with E-state index in [-0.39, 0.29) is 5.97 Å². The van der Waals surface area contributed by atoms with Crippen LogP contribution in [0.3, 0.4) is 0 Å². The standard InChI is InChI=1S/C12H26GeO2/c1-5-13(6-2,7-3)11-9-10-12(14)15-8-4/h5-11H2,1-4H3. The van der Waals surface area contributed by atoms with E-state index in [9.17, 15) is 4.79 Å². The molecule has 3 heteroatoms. The Morgan fingerprint density at radius 3 is 2.00 bits per heavy atom.